The number of amides is 1. The van der Waals surface area contributed by atoms with Crippen molar-refractivity contribution >= 4 is 17.4 Å². The van der Waals surface area contributed by atoms with Crippen molar-refractivity contribution in [3.8, 4) is 5.75 Å². The Morgan fingerprint density at radius 1 is 1.16 bits per heavy atom. The summed E-state index contributed by atoms with van der Waals surface area (Å²) >= 11 is 0. The molecular weight excluding hydrogens is 402 g/mol. The van der Waals surface area contributed by atoms with Crippen molar-refractivity contribution in [1.82, 2.24) is 14.9 Å². The topological polar surface area (TPSA) is 70.6 Å². The van der Waals surface area contributed by atoms with Crippen molar-refractivity contribution in [3.05, 3.63) is 77.7 Å². The molecule has 0 bridgehead atoms. The van der Waals surface area contributed by atoms with E-state index in [1.807, 2.05) is 60.3 Å². The van der Waals surface area contributed by atoms with Gasteiger partial charge >= 0.3 is 0 Å². The molecule has 4 rings (SSSR count). The van der Waals surface area contributed by atoms with Crippen molar-refractivity contribution in [2.45, 2.75) is 26.0 Å². The summed E-state index contributed by atoms with van der Waals surface area (Å²) in [5.41, 5.74) is 3.81. The molecule has 1 N–H and O–H groups in total. The maximum atomic E-state index is 13.0. The number of fused-ring (bicyclic) bond motifs is 1. The second kappa shape index (κ2) is 9.68. The van der Waals surface area contributed by atoms with E-state index in [2.05, 4.69) is 34.3 Å². The molecule has 166 valence electrons. The van der Waals surface area contributed by atoms with E-state index in [1.54, 1.807) is 6.20 Å². The van der Waals surface area contributed by atoms with Gasteiger partial charge in [0.2, 0.25) is 0 Å². The molecule has 0 aliphatic carbocycles. The predicted molar refractivity (Wildman–Crippen MR) is 126 cm³/mol. The summed E-state index contributed by atoms with van der Waals surface area (Å²) in [7, 11) is 3.86. The number of hydrogen-bond acceptors (Lipinski definition) is 6. The number of carbonyl (C=O) groups is 1. The Balaban J connectivity index is 1.45. The lowest BCUT2D eigenvalue weighted by Gasteiger charge is -2.22. The van der Waals surface area contributed by atoms with Crippen LogP contribution < -0.4 is 15.0 Å². The van der Waals surface area contributed by atoms with Crippen LogP contribution in [0, 0.1) is 0 Å². The van der Waals surface area contributed by atoms with Gasteiger partial charge in [-0.3, -0.25) is 4.79 Å². The molecule has 1 aliphatic heterocycles. The van der Waals surface area contributed by atoms with Gasteiger partial charge in [0.25, 0.3) is 5.91 Å². The molecule has 0 fully saturated rings. The van der Waals surface area contributed by atoms with E-state index in [-0.39, 0.29) is 12.0 Å². The molecule has 7 heteroatoms. The highest BCUT2D eigenvalue weighted by Gasteiger charge is 2.26. The Morgan fingerprint density at radius 3 is 2.72 bits per heavy atom. The van der Waals surface area contributed by atoms with Gasteiger partial charge in [-0.25, -0.2) is 9.97 Å². The van der Waals surface area contributed by atoms with Crippen LogP contribution in [0.1, 0.15) is 40.9 Å². The van der Waals surface area contributed by atoms with Gasteiger partial charge in [-0.15, -0.1) is 0 Å². The third-order valence-electron chi connectivity index (χ3n) is 5.77. The van der Waals surface area contributed by atoms with E-state index in [4.69, 9.17) is 4.74 Å². The minimum Gasteiger partial charge on any atom is -0.486 e. The van der Waals surface area contributed by atoms with E-state index in [0.29, 0.717) is 24.5 Å². The Morgan fingerprint density at radius 2 is 1.97 bits per heavy atom. The fraction of sp³-hybridized carbons (Fsp3) is 0.320. The molecule has 0 spiro atoms. The minimum atomic E-state index is -0.0410. The second-order valence-electron chi connectivity index (χ2n) is 7.94. The average molecular weight is 432 g/mol. The van der Waals surface area contributed by atoms with E-state index < -0.39 is 0 Å². The lowest BCUT2D eigenvalue weighted by Crippen LogP contribution is -2.33. The van der Waals surface area contributed by atoms with Gasteiger partial charge in [0.1, 0.15) is 29.6 Å². The Hall–Kier alpha value is -3.61. The molecule has 1 aliphatic rings. The van der Waals surface area contributed by atoms with E-state index >= 15 is 0 Å². The van der Waals surface area contributed by atoms with Crippen LogP contribution in [-0.4, -0.2) is 48.0 Å². The first-order chi connectivity index (χ1) is 15.6. The number of carbonyl (C=O) groups excluding carboxylic acids is 1. The smallest absolute Gasteiger partial charge is 0.259 e. The zero-order chi connectivity index (χ0) is 22.5. The van der Waals surface area contributed by atoms with Crippen LogP contribution in [0.25, 0.3) is 0 Å². The lowest BCUT2D eigenvalue weighted by molar-refractivity contribution is 0.0754. The standard InChI is InChI=1S/C25H29N5O2/c1-4-23(19-6-5-7-20(14-19)26-2)32-21-10-8-18(9-11-21)16-30-13-12-29(3)24-22(25(30)31)15-27-17-28-24/h5-11,14-15,17,23,26H,4,12-13,16H2,1-3H3. The Labute approximate surface area is 189 Å². The van der Waals surface area contributed by atoms with Gasteiger partial charge in [0.05, 0.1) is 0 Å². The molecule has 1 aromatic heterocycles. The fourth-order valence-corrected chi connectivity index (χ4v) is 3.92. The third-order valence-corrected chi connectivity index (χ3v) is 5.77. The van der Waals surface area contributed by atoms with Crippen LogP contribution in [0.4, 0.5) is 11.5 Å². The number of rotatable bonds is 7. The summed E-state index contributed by atoms with van der Waals surface area (Å²) in [6.07, 6.45) is 3.93. The van der Waals surface area contributed by atoms with Crippen molar-refractivity contribution in [1.29, 1.82) is 0 Å². The van der Waals surface area contributed by atoms with Crippen molar-refractivity contribution in [2.24, 2.45) is 0 Å². The normalized spacial score (nSPS) is 14.5. The van der Waals surface area contributed by atoms with Crippen LogP contribution in [0.2, 0.25) is 0 Å². The zero-order valence-electron chi connectivity index (χ0n) is 18.8. The highest BCUT2D eigenvalue weighted by molar-refractivity contribution is 5.99. The van der Waals surface area contributed by atoms with Crippen LogP contribution >= 0.6 is 0 Å². The zero-order valence-corrected chi connectivity index (χ0v) is 18.8. The van der Waals surface area contributed by atoms with Crippen LogP contribution in [0.5, 0.6) is 5.75 Å². The van der Waals surface area contributed by atoms with Crippen molar-refractivity contribution < 1.29 is 9.53 Å². The first kappa shape index (κ1) is 21.6. The third kappa shape index (κ3) is 4.66. The molecule has 0 saturated carbocycles. The number of ether oxygens (including phenoxy) is 1. The minimum absolute atomic E-state index is 0.0200. The molecule has 3 aromatic rings. The quantitative estimate of drug-likeness (QED) is 0.606. The highest BCUT2D eigenvalue weighted by Crippen LogP contribution is 2.27. The van der Waals surface area contributed by atoms with Gasteiger partial charge in [0.15, 0.2) is 0 Å². The van der Waals surface area contributed by atoms with Gasteiger partial charge in [-0.1, -0.05) is 31.2 Å². The summed E-state index contributed by atoms with van der Waals surface area (Å²) in [4.78, 5) is 25.2. The number of aromatic nitrogens is 2. The molecule has 2 aromatic carbocycles. The largest absolute Gasteiger partial charge is 0.486 e. The molecule has 1 atom stereocenters. The molecule has 2 heterocycles. The SMILES string of the molecule is CCC(Oc1ccc(CN2CCN(C)c3ncncc3C2=O)cc1)c1cccc(NC)c1. The first-order valence-corrected chi connectivity index (χ1v) is 10.9. The van der Waals surface area contributed by atoms with Crippen molar-refractivity contribution in [2.75, 3.05) is 37.4 Å². The first-order valence-electron chi connectivity index (χ1n) is 10.9. The predicted octanol–water partition coefficient (Wildman–Crippen LogP) is 4.14. The maximum Gasteiger partial charge on any atom is 0.259 e. The van der Waals surface area contributed by atoms with Gasteiger partial charge in [-0.2, -0.15) is 0 Å². The summed E-state index contributed by atoms with van der Waals surface area (Å²) in [5.74, 6) is 1.46. The molecule has 7 nitrogen and oxygen atoms in total. The maximum absolute atomic E-state index is 13.0. The van der Waals surface area contributed by atoms with E-state index in [1.165, 1.54) is 6.33 Å². The Bertz CT molecular complexity index is 1070. The molecule has 1 amide bonds. The highest BCUT2D eigenvalue weighted by atomic mass is 16.5. The summed E-state index contributed by atoms with van der Waals surface area (Å²) in [6.45, 7) is 4.00. The van der Waals surface area contributed by atoms with Crippen molar-refractivity contribution in [3.63, 3.8) is 0 Å². The van der Waals surface area contributed by atoms with E-state index in [0.717, 1.165) is 35.5 Å². The number of likely N-dealkylation sites (N-methyl/N-ethyl adjacent to an activating group) is 1. The van der Waals surface area contributed by atoms with Gasteiger partial charge in [-0.05, 0) is 41.8 Å². The second-order valence-corrected chi connectivity index (χ2v) is 7.94. The average Bonchev–Trinajstić information content (AvgIpc) is 2.96. The van der Waals surface area contributed by atoms with Crippen LogP contribution in [0.3, 0.4) is 0 Å². The molecule has 0 radical (unpaired) electrons. The molecular formula is C25H29N5O2. The summed E-state index contributed by atoms with van der Waals surface area (Å²) in [6, 6.07) is 16.3. The molecule has 0 saturated heterocycles. The van der Waals surface area contributed by atoms with Crippen LogP contribution in [0.15, 0.2) is 61.1 Å². The number of hydrogen-bond donors (Lipinski definition) is 1. The van der Waals surface area contributed by atoms with Crippen LogP contribution in [-0.2, 0) is 6.54 Å². The number of benzene rings is 2. The van der Waals surface area contributed by atoms with Gasteiger partial charge < -0.3 is 19.9 Å². The molecule has 32 heavy (non-hydrogen) atoms. The fourth-order valence-electron chi connectivity index (χ4n) is 3.92. The number of nitrogens with zero attached hydrogens (tertiary/aromatic N) is 4. The number of nitrogens with one attached hydrogen (secondary N) is 1. The lowest BCUT2D eigenvalue weighted by atomic mass is 10.1. The molecule has 1 unspecified atom stereocenters. The summed E-state index contributed by atoms with van der Waals surface area (Å²) in [5, 5.41) is 3.17. The van der Waals surface area contributed by atoms with E-state index in [9.17, 15) is 4.79 Å². The monoisotopic (exact) mass is 431 g/mol. The number of anilines is 2. The van der Waals surface area contributed by atoms with Gasteiger partial charge in [0, 0.05) is 45.6 Å². The Kier molecular flexibility index (Phi) is 6.54. The summed E-state index contributed by atoms with van der Waals surface area (Å²) < 4.78 is 6.26.